The lowest BCUT2D eigenvalue weighted by Gasteiger charge is -2.35. The van der Waals surface area contributed by atoms with Gasteiger partial charge in [-0.3, -0.25) is 4.79 Å². The van der Waals surface area contributed by atoms with Crippen LogP contribution in [0.3, 0.4) is 0 Å². The zero-order chi connectivity index (χ0) is 21.2. The first-order valence-corrected chi connectivity index (χ1v) is 9.86. The molecule has 0 radical (unpaired) electrons. The van der Waals surface area contributed by atoms with E-state index in [-0.39, 0.29) is 23.5 Å². The van der Waals surface area contributed by atoms with E-state index in [2.05, 4.69) is 10.6 Å². The molecule has 29 heavy (non-hydrogen) atoms. The van der Waals surface area contributed by atoms with Crippen molar-refractivity contribution in [2.45, 2.75) is 52.1 Å². The van der Waals surface area contributed by atoms with E-state index in [4.69, 9.17) is 4.74 Å². The van der Waals surface area contributed by atoms with E-state index in [9.17, 15) is 9.59 Å². The maximum absolute atomic E-state index is 12.8. The molecule has 1 heterocycles. The van der Waals surface area contributed by atoms with Crippen LogP contribution in [-0.2, 0) is 11.2 Å². The van der Waals surface area contributed by atoms with E-state index in [0.717, 1.165) is 22.6 Å². The minimum absolute atomic E-state index is 0.0963. The van der Waals surface area contributed by atoms with Gasteiger partial charge in [-0.15, -0.1) is 0 Å². The minimum atomic E-state index is -0.312. The van der Waals surface area contributed by atoms with Crippen molar-refractivity contribution in [2.24, 2.45) is 0 Å². The van der Waals surface area contributed by atoms with Crippen molar-refractivity contribution in [3.8, 4) is 5.75 Å². The predicted octanol–water partition coefficient (Wildman–Crippen LogP) is 4.66. The van der Waals surface area contributed by atoms with Crippen LogP contribution < -0.4 is 20.3 Å². The standard InChI is InChI=1S/C23H29N3O3/c1-15(16-7-6-8-19(14-16)29-5)26-20-11-10-18(13-17(20)9-12-21(26)27)24-22(28)25-23(2,3)4/h6-8,10-11,13-15H,9,12H2,1-5H3,(H2,24,25,28)/t15-/m0/s1. The fourth-order valence-corrected chi connectivity index (χ4v) is 3.57. The van der Waals surface area contributed by atoms with E-state index < -0.39 is 0 Å². The maximum atomic E-state index is 12.8. The first kappa shape index (κ1) is 20.7. The zero-order valence-corrected chi connectivity index (χ0v) is 17.7. The fraction of sp³-hybridized carbons (Fsp3) is 0.391. The smallest absolute Gasteiger partial charge is 0.319 e. The molecule has 0 spiro atoms. The van der Waals surface area contributed by atoms with E-state index in [0.29, 0.717) is 18.5 Å². The van der Waals surface area contributed by atoms with Crippen LogP contribution in [0.2, 0.25) is 0 Å². The molecular weight excluding hydrogens is 366 g/mol. The molecule has 2 aromatic rings. The van der Waals surface area contributed by atoms with Gasteiger partial charge in [0.05, 0.1) is 13.2 Å². The number of carbonyl (C=O) groups is 2. The Morgan fingerprint density at radius 1 is 1.14 bits per heavy atom. The Balaban J connectivity index is 1.85. The summed E-state index contributed by atoms with van der Waals surface area (Å²) in [4.78, 5) is 26.8. The number of rotatable bonds is 4. The molecule has 0 unspecified atom stereocenters. The maximum Gasteiger partial charge on any atom is 0.319 e. The highest BCUT2D eigenvalue weighted by Gasteiger charge is 2.29. The molecule has 0 aromatic heterocycles. The van der Waals surface area contributed by atoms with Gasteiger partial charge in [0.25, 0.3) is 0 Å². The van der Waals surface area contributed by atoms with Gasteiger partial charge in [0.15, 0.2) is 0 Å². The molecule has 1 atom stereocenters. The first-order valence-electron chi connectivity index (χ1n) is 9.86. The molecule has 3 rings (SSSR count). The summed E-state index contributed by atoms with van der Waals surface area (Å²) in [6.07, 6.45) is 1.10. The molecular formula is C23H29N3O3. The van der Waals surface area contributed by atoms with Gasteiger partial charge in [-0.2, -0.15) is 0 Å². The lowest BCUT2D eigenvalue weighted by Crippen LogP contribution is -2.43. The monoisotopic (exact) mass is 395 g/mol. The second-order valence-electron chi connectivity index (χ2n) is 8.39. The highest BCUT2D eigenvalue weighted by atomic mass is 16.5. The van der Waals surface area contributed by atoms with Crippen LogP contribution in [0.15, 0.2) is 42.5 Å². The van der Waals surface area contributed by atoms with Crippen LogP contribution in [0.4, 0.5) is 16.2 Å². The van der Waals surface area contributed by atoms with Crippen molar-refractivity contribution in [1.29, 1.82) is 0 Å². The Labute approximate surface area is 172 Å². The summed E-state index contributed by atoms with van der Waals surface area (Å²) in [5.41, 5.74) is 3.35. The molecule has 1 aliphatic rings. The van der Waals surface area contributed by atoms with Crippen molar-refractivity contribution in [3.05, 3.63) is 53.6 Å². The number of benzene rings is 2. The van der Waals surface area contributed by atoms with Gasteiger partial charge >= 0.3 is 6.03 Å². The third kappa shape index (κ3) is 4.88. The molecule has 2 N–H and O–H groups in total. The SMILES string of the molecule is COc1cccc([C@H](C)N2C(=O)CCc3cc(NC(=O)NC(C)(C)C)ccc32)c1. The Morgan fingerprint density at radius 3 is 2.59 bits per heavy atom. The number of carbonyl (C=O) groups excluding carboxylic acids is 2. The molecule has 0 saturated carbocycles. The number of fused-ring (bicyclic) bond motifs is 1. The topological polar surface area (TPSA) is 70.7 Å². The van der Waals surface area contributed by atoms with Gasteiger partial charge in [0.2, 0.25) is 5.91 Å². The second-order valence-corrected chi connectivity index (χ2v) is 8.39. The van der Waals surface area contributed by atoms with Gasteiger partial charge in [0, 0.05) is 23.3 Å². The molecule has 6 heteroatoms. The van der Waals surface area contributed by atoms with E-state index in [1.807, 2.05) is 75.1 Å². The van der Waals surface area contributed by atoms with Crippen LogP contribution in [0.25, 0.3) is 0 Å². The largest absolute Gasteiger partial charge is 0.497 e. The van der Waals surface area contributed by atoms with Crippen LogP contribution in [0, 0.1) is 0 Å². The number of amides is 3. The summed E-state index contributed by atoms with van der Waals surface area (Å²) in [5, 5.41) is 5.77. The second kappa shape index (κ2) is 8.15. The van der Waals surface area contributed by atoms with Crippen molar-refractivity contribution in [3.63, 3.8) is 0 Å². The summed E-state index contributed by atoms with van der Waals surface area (Å²) >= 11 is 0. The number of methoxy groups -OCH3 is 1. The lowest BCUT2D eigenvalue weighted by molar-refractivity contribution is -0.119. The minimum Gasteiger partial charge on any atom is -0.497 e. The van der Waals surface area contributed by atoms with Crippen molar-refractivity contribution >= 4 is 23.3 Å². The highest BCUT2D eigenvalue weighted by molar-refractivity contribution is 5.98. The third-order valence-electron chi connectivity index (χ3n) is 4.93. The number of anilines is 2. The van der Waals surface area contributed by atoms with Crippen molar-refractivity contribution < 1.29 is 14.3 Å². The Morgan fingerprint density at radius 2 is 1.90 bits per heavy atom. The van der Waals surface area contributed by atoms with Gasteiger partial charge in [0.1, 0.15) is 5.75 Å². The molecule has 3 amide bonds. The highest BCUT2D eigenvalue weighted by Crippen LogP contribution is 2.36. The summed E-state index contributed by atoms with van der Waals surface area (Å²) < 4.78 is 5.33. The molecule has 1 aliphatic heterocycles. The molecule has 2 aromatic carbocycles. The summed E-state index contributed by atoms with van der Waals surface area (Å²) in [7, 11) is 1.63. The quantitative estimate of drug-likeness (QED) is 0.791. The van der Waals surface area contributed by atoms with E-state index >= 15 is 0 Å². The average molecular weight is 396 g/mol. The molecule has 6 nitrogen and oxygen atoms in total. The Hall–Kier alpha value is -3.02. The van der Waals surface area contributed by atoms with Crippen molar-refractivity contribution in [1.82, 2.24) is 5.32 Å². The van der Waals surface area contributed by atoms with Crippen LogP contribution in [0.5, 0.6) is 5.75 Å². The number of ether oxygens (including phenoxy) is 1. The number of hydrogen-bond acceptors (Lipinski definition) is 3. The van der Waals surface area contributed by atoms with Crippen LogP contribution >= 0.6 is 0 Å². The van der Waals surface area contributed by atoms with E-state index in [1.165, 1.54) is 0 Å². The summed E-state index contributed by atoms with van der Waals surface area (Å²) in [6, 6.07) is 13.1. The fourth-order valence-electron chi connectivity index (χ4n) is 3.57. The first-order chi connectivity index (χ1) is 13.7. The Bertz CT molecular complexity index is 918. The van der Waals surface area contributed by atoms with Gasteiger partial charge in [-0.25, -0.2) is 4.79 Å². The molecule has 154 valence electrons. The molecule has 0 saturated heterocycles. The van der Waals surface area contributed by atoms with Crippen LogP contribution in [0.1, 0.15) is 51.3 Å². The van der Waals surface area contributed by atoms with Crippen LogP contribution in [-0.4, -0.2) is 24.6 Å². The van der Waals surface area contributed by atoms with Gasteiger partial charge < -0.3 is 20.3 Å². The van der Waals surface area contributed by atoms with Gasteiger partial charge in [-0.1, -0.05) is 12.1 Å². The summed E-state index contributed by atoms with van der Waals surface area (Å²) in [6.45, 7) is 7.82. The number of nitrogens with one attached hydrogen (secondary N) is 2. The molecule has 0 bridgehead atoms. The average Bonchev–Trinajstić information content (AvgIpc) is 2.66. The molecule has 0 fully saturated rings. The lowest BCUT2D eigenvalue weighted by atomic mass is 9.96. The van der Waals surface area contributed by atoms with Gasteiger partial charge in [-0.05, 0) is 75.6 Å². The number of urea groups is 1. The normalized spacial score (nSPS) is 14.8. The third-order valence-corrected chi connectivity index (χ3v) is 4.93. The zero-order valence-electron chi connectivity index (χ0n) is 17.7. The molecule has 0 aliphatic carbocycles. The predicted molar refractivity (Wildman–Crippen MR) is 116 cm³/mol. The summed E-state index contributed by atoms with van der Waals surface area (Å²) in [5.74, 6) is 0.863. The number of aryl methyl sites for hydroxylation is 1. The van der Waals surface area contributed by atoms with E-state index in [1.54, 1.807) is 7.11 Å². The number of nitrogens with zero attached hydrogens (tertiary/aromatic N) is 1. The Kier molecular flexibility index (Phi) is 5.82. The van der Waals surface area contributed by atoms with Crippen molar-refractivity contribution in [2.75, 3.05) is 17.3 Å². The number of hydrogen-bond donors (Lipinski definition) is 2.